The summed E-state index contributed by atoms with van der Waals surface area (Å²) in [6, 6.07) is 3.73. The minimum Gasteiger partial charge on any atom is -0.355 e. The number of benzene rings is 1. The number of amides is 1. The zero-order chi connectivity index (χ0) is 16.7. The summed E-state index contributed by atoms with van der Waals surface area (Å²) in [4.78, 5) is 11.7. The van der Waals surface area contributed by atoms with E-state index in [0.717, 1.165) is 14.4 Å². The Morgan fingerprint density at radius 2 is 1.87 bits per heavy atom. The molecule has 2 rings (SSSR count). The smallest absolute Gasteiger partial charge is 0.230 e. The van der Waals surface area contributed by atoms with E-state index in [-0.39, 0.29) is 30.2 Å². The molecule has 0 fully saturated rings. The van der Waals surface area contributed by atoms with Crippen LogP contribution in [-0.4, -0.2) is 34.2 Å². The predicted molar refractivity (Wildman–Crippen MR) is 90.1 cm³/mol. The molecular weight excluding hydrogens is 360 g/mol. The lowest BCUT2D eigenvalue weighted by Crippen LogP contribution is -2.27. The zero-order valence-electron chi connectivity index (χ0n) is 12.3. The van der Waals surface area contributed by atoms with Crippen molar-refractivity contribution >= 4 is 40.8 Å². The zero-order valence-corrected chi connectivity index (χ0v) is 14.8. The van der Waals surface area contributed by atoms with Gasteiger partial charge in [0.2, 0.25) is 5.91 Å². The summed E-state index contributed by atoms with van der Waals surface area (Å²) in [6.45, 7) is 2.22. The molecule has 1 aromatic carbocycles. The summed E-state index contributed by atoms with van der Waals surface area (Å²) in [5, 5.41) is 10.6. The lowest BCUT2D eigenvalue weighted by Gasteiger charge is -2.06. The van der Waals surface area contributed by atoms with Crippen LogP contribution in [0.2, 0.25) is 0 Å². The first kappa shape index (κ1) is 18.2. The Morgan fingerprint density at radius 3 is 2.52 bits per heavy atom. The Hall–Kier alpha value is -1.19. The third kappa shape index (κ3) is 5.74. The highest BCUT2D eigenvalue weighted by Gasteiger charge is 2.10. The van der Waals surface area contributed by atoms with Gasteiger partial charge in [0.25, 0.3) is 0 Å². The standard InChI is InChI=1S/C14H15F2N3OS3/c1-2-21-13-18-19-14(23-13)22-8-12(20)17-7-6-9-10(15)4-3-5-11(9)16/h3-5H,2,6-8H2,1H3,(H,17,20). The Balaban J connectivity index is 1.72. The number of thioether (sulfide) groups is 2. The van der Waals surface area contributed by atoms with Crippen molar-refractivity contribution in [2.24, 2.45) is 0 Å². The molecule has 9 heteroatoms. The minimum absolute atomic E-state index is 0.00851. The second kappa shape index (κ2) is 9.19. The van der Waals surface area contributed by atoms with Crippen LogP contribution in [0, 0.1) is 11.6 Å². The molecule has 1 heterocycles. The number of hydrogen-bond donors (Lipinski definition) is 1. The van der Waals surface area contributed by atoms with E-state index in [4.69, 9.17) is 0 Å². The average molecular weight is 375 g/mol. The van der Waals surface area contributed by atoms with Crippen molar-refractivity contribution in [3.63, 3.8) is 0 Å². The molecule has 0 bridgehead atoms. The summed E-state index contributed by atoms with van der Waals surface area (Å²) in [5.74, 6) is -0.268. The van der Waals surface area contributed by atoms with Crippen molar-refractivity contribution < 1.29 is 13.6 Å². The fraction of sp³-hybridized carbons (Fsp3) is 0.357. The molecule has 4 nitrogen and oxygen atoms in total. The normalized spacial score (nSPS) is 10.7. The molecule has 1 N–H and O–H groups in total. The van der Waals surface area contributed by atoms with Gasteiger partial charge in [0, 0.05) is 12.1 Å². The van der Waals surface area contributed by atoms with Gasteiger partial charge in [-0.25, -0.2) is 8.78 Å². The Morgan fingerprint density at radius 1 is 1.22 bits per heavy atom. The SMILES string of the molecule is CCSc1nnc(SCC(=O)NCCc2c(F)cccc2F)s1. The molecule has 0 saturated heterocycles. The van der Waals surface area contributed by atoms with Crippen molar-refractivity contribution in [1.29, 1.82) is 0 Å². The molecule has 0 saturated carbocycles. The molecule has 0 unspecified atom stereocenters. The molecule has 0 aliphatic carbocycles. The topological polar surface area (TPSA) is 54.9 Å². The highest BCUT2D eigenvalue weighted by molar-refractivity contribution is 8.03. The van der Waals surface area contributed by atoms with E-state index in [1.54, 1.807) is 11.8 Å². The first-order chi connectivity index (χ1) is 11.1. The summed E-state index contributed by atoms with van der Waals surface area (Å²) in [5.41, 5.74) is -0.00851. The quantitative estimate of drug-likeness (QED) is 0.717. The van der Waals surface area contributed by atoms with Gasteiger partial charge in [-0.1, -0.05) is 47.9 Å². The monoisotopic (exact) mass is 375 g/mol. The fourth-order valence-corrected chi connectivity index (χ4v) is 4.46. The number of aromatic nitrogens is 2. The van der Waals surface area contributed by atoms with Crippen LogP contribution < -0.4 is 5.32 Å². The Labute approximate surface area is 145 Å². The molecule has 0 aliphatic rings. The highest BCUT2D eigenvalue weighted by atomic mass is 32.2. The van der Waals surface area contributed by atoms with Gasteiger partial charge in [-0.05, 0) is 24.3 Å². The van der Waals surface area contributed by atoms with Gasteiger partial charge in [-0.15, -0.1) is 10.2 Å². The third-order valence-corrected chi connectivity index (χ3v) is 5.81. The molecule has 0 spiro atoms. The summed E-state index contributed by atoms with van der Waals surface area (Å²) >= 11 is 4.35. The second-order valence-corrected chi connectivity index (χ2v) is 8.07. The second-order valence-electron chi connectivity index (χ2n) is 4.36. The van der Waals surface area contributed by atoms with Gasteiger partial charge in [-0.2, -0.15) is 0 Å². The lowest BCUT2D eigenvalue weighted by atomic mass is 10.1. The van der Waals surface area contributed by atoms with Gasteiger partial charge >= 0.3 is 0 Å². The van der Waals surface area contributed by atoms with Crippen molar-refractivity contribution in [2.75, 3.05) is 18.1 Å². The van der Waals surface area contributed by atoms with Crippen LogP contribution in [-0.2, 0) is 11.2 Å². The minimum atomic E-state index is -0.594. The van der Waals surface area contributed by atoms with Gasteiger partial charge in [0.15, 0.2) is 8.68 Å². The molecule has 0 aliphatic heterocycles. The predicted octanol–water partition coefficient (Wildman–Crippen LogP) is 3.38. The molecule has 0 atom stereocenters. The third-order valence-electron chi connectivity index (χ3n) is 2.74. The fourth-order valence-electron chi connectivity index (χ4n) is 1.71. The van der Waals surface area contributed by atoms with Crippen molar-refractivity contribution in [3.8, 4) is 0 Å². The Kier molecular flexibility index (Phi) is 7.25. The van der Waals surface area contributed by atoms with Crippen molar-refractivity contribution in [2.45, 2.75) is 22.0 Å². The maximum Gasteiger partial charge on any atom is 0.230 e. The molecule has 2 aromatic rings. The van der Waals surface area contributed by atoms with E-state index < -0.39 is 11.6 Å². The maximum absolute atomic E-state index is 13.4. The van der Waals surface area contributed by atoms with Gasteiger partial charge in [-0.3, -0.25) is 4.79 Å². The number of halogens is 2. The number of nitrogens with one attached hydrogen (secondary N) is 1. The van der Waals surface area contributed by atoms with Crippen LogP contribution in [0.4, 0.5) is 8.78 Å². The van der Waals surface area contributed by atoms with Crippen LogP contribution >= 0.6 is 34.9 Å². The van der Waals surface area contributed by atoms with Gasteiger partial charge in [0.05, 0.1) is 5.75 Å². The van der Waals surface area contributed by atoms with Crippen LogP contribution in [0.25, 0.3) is 0 Å². The number of rotatable bonds is 8. The van der Waals surface area contributed by atoms with E-state index in [9.17, 15) is 13.6 Å². The van der Waals surface area contributed by atoms with Crippen molar-refractivity contribution in [3.05, 3.63) is 35.4 Å². The number of nitrogens with zero attached hydrogens (tertiary/aromatic N) is 2. The number of carbonyl (C=O) groups is 1. The van der Waals surface area contributed by atoms with Crippen LogP contribution in [0.15, 0.2) is 26.9 Å². The van der Waals surface area contributed by atoms with E-state index in [0.29, 0.717) is 0 Å². The number of hydrogen-bond acceptors (Lipinski definition) is 6. The van der Waals surface area contributed by atoms with E-state index >= 15 is 0 Å². The Bertz CT molecular complexity index is 646. The summed E-state index contributed by atoms with van der Waals surface area (Å²) in [6.07, 6.45) is 0.116. The van der Waals surface area contributed by atoms with Gasteiger partial charge in [0.1, 0.15) is 11.6 Å². The molecule has 1 aromatic heterocycles. The molecular formula is C14H15F2N3OS3. The van der Waals surface area contributed by atoms with E-state index in [2.05, 4.69) is 15.5 Å². The van der Waals surface area contributed by atoms with E-state index in [1.807, 2.05) is 6.92 Å². The lowest BCUT2D eigenvalue weighted by molar-refractivity contribution is -0.118. The highest BCUT2D eigenvalue weighted by Crippen LogP contribution is 2.28. The van der Waals surface area contributed by atoms with Crippen LogP contribution in [0.1, 0.15) is 12.5 Å². The molecule has 124 valence electrons. The summed E-state index contributed by atoms with van der Waals surface area (Å²) < 4.78 is 28.5. The molecule has 1 amide bonds. The maximum atomic E-state index is 13.4. The average Bonchev–Trinajstić information content (AvgIpc) is 2.96. The summed E-state index contributed by atoms with van der Waals surface area (Å²) in [7, 11) is 0. The molecule has 23 heavy (non-hydrogen) atoms. The van der Waals surface area contributed by atoms with Crippen molar-refractivity contribution in [1.82, 2.24) is 15.5 Å². The first-order valence-corrected chi connectivity index (χ1v) is 9.67. The first-order valence-electron chi connectivity index (χ1n) is 6.88. The largest absolute Gasteiger partial charge is 0.355 e. The van der Waals surface area contributed by atoms with Crippen LogP contribution in [0.5, 0.6) is 0 Å². The van der Waals surface area contributed by atoms with E-state index in [1.165, 1.54) is 41.3 Å². The van der Waals surface area contributed by atoms with Crippen LogP contribution in [0.3, 0.4) is 0 Å². The van der Waals surface area contributed by atoms with Gasteiger partial charge < -0.3 is 5.32 Å². The number of carbonyl (C=O) groups excluding carboxylic acids is 1. The molecule has 0 radical (unpaired) electrons.